The molecule has 0 unspecified atom stereocenters. The zero-order valence-corrected chi connectivity index (χ0v) is 6.75. The molecule has 0 amide bonds. The number of ether oxygens (including phenoxy) is 1. The Labute approximate surface area is 66.4 Å². The Morgan fingerprint density at radius 1 is 1.73 bits per heavy atom. The first-order valence-electron chi connectivity index (χ1n) is 4.09. The van der Waals surface area contributed by atoms with Gasteiger partial charge in [0.05, 0.1) is 6.61 Å². The first-order valence-corrected chi connectivity index (χ1v) is 4.09. The molecule has 0 aromatic carbocycles. The van der Waals surface area contributed by atoms with Gasteiger partial charge in [0.2, 0.25) is 0 Å². The lowest BCUT2D eigenvalue weighted by Gasteiger charge is -2.24. The Morgan fingerprint density at radius 2 is 2.45 bits per heavy atom. The molecule has 1 heterocycles. The summed E-state index contributed by atoms with van der Waals surface area (Å²) in [5.41, 5.74) is 0. The second-order valence-corrected chi connectivity index (χ2v) is 2.85. The molecule has 3 nitrogen and oxygen atoms in total. The molecule has 0 aromatic heterocycles. The molecular formula is C8H14O3. The van der Waals surface area contributed by atoms with Crippen molar-refractivity contribution in [3.8, 4) is 0 Å². The van der Waals surface area contributed by atoms with Gasteiger partial charge >= 0.3 is 0 Å². The van der Waals surface area contributed by atoms with Crippen LogP contribution in [0.2, 0.25) is 0 Å². The first kappa shape index (κ1) is 8.68. The average molecular weight is 158 g/mol. The number of aliphatic hydroxyl groups excluding tert-OH is 1. The fourth-order valence-corrected chi connectivity index (χ4v) is 1.25. The van der Waals surface area contributed by atoms with E-state index in [2.05, 4.69) is 0 Å². The third-order valence-electron chi connectivity index (χ3n) is 1.91. The highest BCUT2D eigenvalue weighted by Gasteiger charge is 2.29. The van der Waals surface area contributed by atoms with Crippen molar-refractivity contribution in [1.82, 2.24) is 0 Å². The highest BCUT2D eigenvalue weighted by atomic mass is 16.5. The Hall–Kier alpha value is -0.410. The van der Waals surface area contributed by atoms with Gasteiger partial charge in [0, 0.05) is 6.42 Å². The molecular weight excluding hydrogens is 144 g/mol. The molecule has 0 bridgehead atoms. The van der Waals surface area contributed by atoms with Crippen LogP contribution in [0.4, 0.5) is 0 Å². The summed E-state index contributed by atoms with van der Waals surface area (Å²) in [5, 5.41) is 9.15. The largest absolute Gasteiger partial charge is 0.385 e. The zero-order valence-electron chi connectivity index (χ0n) is 6.75. The maximum atomic E-state index is 11.1. The summed E-state index contributed by atoms with van der Waals surface area (Å²) in [6, 6.07) is 0. The van der Waals surface area contributed by atoms with E-state index in [9.17, 15) is 4.79 Å². The summed E-state index contributed by atoms with van der Waals surface area (Å²) in [6.07, 6.45) is 0.988. The Morgan fingerprint density at radius 3 is 3.09 bits per heavy atom. The molecule has 0 aromatic rings. The van der Waals surface area contributed by atoms with Crippen molar-refractivity contribution in [2.75, 3.05) is 6.61 Å². The SMILES string of the molecule is CCC[C@@H]1OCC[C@@H](O)C1=O. The van der Waals surface area contributed by atoms with Crippen molar-refractivity contribution in [3.05, 3.63) is 0 Å². The number of rotatable bonds is 2. The van der Waals surface area contributed by atoms with Gasteiger partial charge in [-0.15, -0.1) is 0 Å². The molecule has 0 aliphatic carbocycles. The molecule has 1 fully saturated rings. The van der Waals surface area contributed by atoms with Gasteiger partial charge in [-0.05, 0) is 6.42 Å². The lowest BCUT2D eigenvalue weighted by molar-refractivity contribution is -0.148. The minimum atomic E-state index is -0.778. The van der Waals surface area contributed by atoms with Crippen molar-refractivity contribution in [1.29, 1.82) is 0 Å². The van der Waals surface area contributed by atoms with Crippen LogP contribution in [0.25, 0.3) is 0 Å². The predicted octanol–water partition coefficient (Wildman–Crippen LogP) is 0.505. The molecule has 1 aliphatic rings. The standard InChI is InChI=1S/C8H14O3/c1-2-3-7-8(10)6(9)4-5-11-7/h6-7,9H,2-5H2,1H3/t6-,7+/m1/s1. The molecule has 1 N–H and O–H groups in total. The number of aliphatic hydroxyl groups is 1. The fourth-order valence-electron chi connectivity index (χ4n) is 1.25. The van der Waals surface area contributed by atoms with Crippen LogP contribution in [-0.2, 0) is 9.53 Å². The van der Waals surface area contributed by atoms with Crippen LogP contribution in [0.15, 0.2) is 0 Å². The van der Waals surface area contributed by atoms with E-state index in [1.807, 2.05) is 6.92 Å². The van der Waals surface area contributed by atoms with Gasteiger partial charge in [0.15, 0.2) is 5.78 Å². The van der Waals surface area contributed by atoms with E-state index < -0.39 is 6.10 Å². The summed E-state index contributed by atoms with van der Waals surface area (Å²) in [7, 11) is 0. The lowest BCUT2D eigenvalue weighted by Crippen LogP contribution is -2.40. The minimum absolute atomic E-state index is 0.141. The highest BCUT2D eigenvalue weighted by Crippen LogP contribution is 2.13. The van der Waals surface area contributed by atoms with Crippen molar-refractivity contribution < 1.29 is 14.6 Å². The van der Waals surface area contributed by atoms with E-state index in [4.69, 9.17) is 9.84 Å². The van der Waals surface area contributed by atoms with E-state index in [0.717, 1.165) is 12.8 Å². The first-order chi connectivity index (χ1) is 5.25. The summed E-state index contributed by atoms with van der Waals surface area (Å²) in [4.78, 5) is 11.1. The van der Waals surface area contributed by atoms with Gasteiger partial charge in [-0.2, -0.15) is 0 Å². The molecule has 11 heavy (non-hydrogen) atoms. The van der Waals surface area contributed by atoms with Crippen molar-refractivity contribution in [2.24, 2.45) is 0 Å². The van der Waals surface area contributed by atoms with Crippen LogP contribution in [0.1, 0.15) is 26.2 Å². The molecule has 0 saturated carbocycles. The fraction of sp³-hybridized carbons (Fsp3) is 0.875. The van der Waals surface area contributed by atoms with Gasteiger partial charge in [-0.1, -0.05) is 13.3 Å². The van der Waals surface area contributed by atoms with Crippen LogP contribution in [-0.4, -0.2) is 29.7 Å². The monoisotopic (exact) mass is 158 g/mol. The molecule has 3 heteroatoms. The summed E-state index contributed by atoms with van der Waals surface area (Å²) in [5.74, 6) is -0.141. The molecule has 64 valence electrons. The number of carbonyl (C=O) groups excluding carboxylic acids is 1. The van der Waals surface area contributed by atoms with Gasteiger partial charge in [-0.25, -0.2) is 0 Å². The van der Waals surface area contributed by atoms with Gasteiger partial charge in [0.1, 0.15) is 12.2 Å². The van der Waals surface area contributed by atoms with Crippen LogP contribution in [0, 0.1) is 0 Å². The smallest absolute Gasteiger partial charge is 0.189 e. The van der Waals surface area contributed by atoms with Crippen molar-refractivity contribution in [2.45, 2.75) is 38.4 Å². The molecule has 2 atom stereocenters. The Balaban J connectivity index is 2.44. The third kappa shape index (κ3) is 2.01. The summed E-state index contributed by atoms with van der Waals surface area (Å²) < 4.78 is 5.19. The van der Waals surface area contributed by atoms with E-state index in [1.54, 1.807) is 0 Å². The van der Waals surface area contributed by atoms with Crippen LogP contribution in [0.5, 0.6) is 0 Å². The second-order valence-electron chi connectivity index (χ2n) is 2.85. The molecule has 1 aliphatic heterocycles. The maximum absolute atomic E-state index is 11.1. The van der Waals surface area contributed by atoms with E-state index >= 15 is 0 Å². The molecule has 1 rings (SSSR count). The van der Waals surface area contributed by atoms with Gasteiger partial charge in [-0.3, -0.25) is 4.79 Å². The maximum Gasteiger partial charge on any atom is 0.189 e. The zero-order chi connectivity index (χ0) is 8.27. The molecule has 1 saturated heterocycles. The highest BCUT2D eigenvalue weighted by molar-refractivity contribution is 5.87. The average Bonchev–Trinajstić information content (AvgIpc) is 1.99. The molecule has 0 spiro atoms. The Bertz CT molecular complexity index is 142. The van der Waals surface area contributed by atoms with Gasteiger partial charge in [0.25, 0.3) is 0 Å². The van der Waals surface area contributed by atoms with E-state index in [-0.39, 0.29) is 11.9 Å². The summed E-state index contributed by atoms with van der Waals surface area (Å²) >= 11 is 0. The quantitative estimate of drug-likeness (QED) is 0.636. The van der Waals surface area contributed by atoms with Crippen LogP contribution >= 0.6 is 0 Å². The summed E-state index contributed by atoms with van der Waals surface area (Å²) in [6.45, 7) is 2.51. The minimum Gasteiger partial charge on any atom is -0.385 e. The number of ketones is 1. The van der Waals surface area contributed by atoms with Gasteiger partial charge < -0.3 is 9.84 Å². The van der Waals surface area contributed by atoms with Crippen LogP contribution < -0.4 is 0 Å². The topological polar surface area (TPSA) is 46.5 Å². The van der Waals surface area contributed by atoms with Crippen molar-refractivity contribution >= 4 is 5.78 Å². The van der Waals surface area contributed by atoms with E-state index in [1.165, 1.54) is 0 Å². The normalized spacial score (nSPS) is 32.4. The lowest BCUT2D eigenvalue weighted by atomic mass is 10.0. The Kier molecular flexibility index (Phi) is 3.02. The molecule has 0 radical (unpaired) electrons. The number of carbonyl (C=O) groups is 1. The van der Waals surface area contributed by atoms with E-state index in [0.29, 0.717) is 13.0 Å². The number of hydrogen-bond donors (Lipinski definition) is 1. The predicted molar refractivity (Wildman–Crippen MR) is 40.3 cm³/mol. The number of Topliss-reactive ketones (excluding diaryl/α,β-unsaturated/α-hetero) is 1. The third-order valence-corrected chi connectivity index (χ3v) is 1.91. The second kappa shape index (κ2) is 3.83. The van der Waals surface area contributed by atoms with Crippen molar-refractivity contribution in [3.63, 3.8) is 0 Å². The number of hydrogen-bond acceptors (Lipinski definition) is 3. The van der Waals surface area contributed by atoms with Crippen LogP contribution in [0.3, 0.4) is 0 Å².